The van der Waals surface area contributed by atoms with E-state index in [-0.39, 0.29) is 5.69 Å². The molecule has 2 aromatic rings. The molecule has 0 aliphatic carbocycles. The fourth-order valence-electron chi connectivity index (χ4n) is 2.13. The van der Waals surface area contributed by atoms with Gasteiger partial charge in [-0.15, -0.1) is 0 Å². The summed E-state index contributed by atoms with van der Waals surface area (Å²) in [7, 11) is 4.66. The predicted molar refractivity (Wildman–Crippen MR) is 90.4 cm³/mol. The van der Waals surface area contributed by atoms with E-state index in [0.717, 1.165) is 5.56 Å². The molecule has 1 aromatic carbocycles. The maximum Gasteiger partial charge on any atom is 0.232 e. The number of methoxy groups -OCH3 is 3. The summed E-state index contributed by atoms with van der Waals surface area (Å²) in [4.78, 5) is 4.12. The van der Waals surface area contributed by atoms with E-state index in [1.165, 1.54) is 0 Å². The van der Waals surface area contributed by atoms with E-state index in [1.807, 2.05) is 13.0 Å². The minimum atomic E-state index is 0.224. The molecular formula is C17H19N3O4. The highest BCUT2D eigenvalue weighted by molar-refractivity contribution is 5.71. The highest BCUT2D eigenvalue weighted by atomic mass is 16.5. The van der Waals surface area contributed by atoms with Gasteiger partial charge in [0.15, 0.2) is 11.5 Å². The lowest BCUT2D eigenvalue weighted by Crippen LogP contribution is -1.96. The summed E-state index contributed by atoms with van der Waals surface area (Å²) in [6, 6.07) is 5.60. The maximum atomic E-state index is 9.05. The number of nitrogens with one attached hydrogen (secondary N) is 1. The van der Waals surface area contributed by atoms with E-state index >= 15 is 0 Å². The summed E-state index contributed by atoms with van der Waals surface area (Å²) in [6.45, 7) is 2.55. The molecule has 0 radical (unpaired) electrons. The third-order valence-corrected chi connectivity index (χ3v) is 3.19. The van der Waals surface area contributed by atoms with Crippen molar-refractivity contribution >= 4 is 18.0 Å². The fraction of sp³-hybridized carbons (Fsp3) is 0.294. The van der Waals surface area contributed by atoms with Gasteiger partial charge in [0, 0.05) is 12.6 Å². The van der Waals surface area contributed by atoms with Gasteiger partial charge in [0.2, 0.25) is 23.2 Å². The van der Waals surface area contributed by atoms with Gasteiger partial charge >= 0.3 is 0 Å². The zero-order valence-corrected chi connectivity index (χ0v) is 14.0. The topological polar surface area (TPSA) is 89.5 Å². The second-order valence-corrected chi connectivity index (χ2v) is 4.66. The van der Waals surface area contributed by atoms with Crippen molar-refractivity contribution in [1.82, 2.24) is 4.98 Å². The molecule has 0 unspecified atom stereocenters. The number of ether oxygens (including phenoxy) is 3. The highest BCUT2D eigenvalue weighted by Crippen LogP contribution is 2.38. The van der Waals surface area contributed by atoms with Gasteiger partial charge in [0.05, 0.1) is 21.3 Å². The van der Waals surface area contributed by atoms with Gasteiger partial charge < -0.3 is 23.9 Å². The van der Waals surface area contributed by atoms with E-state index in [0.29, 0.717) is 35.6 Å². The number of aromatic nitrogens is 1. The molecule has 7 nitrogen and oxygen atoms in total. The average Bonchev–Trinajstić information content (AvgIpc) is 3.01. The van der Waals surface area contributed by atoms with Crippen LogP contribution in [0.15, 0.2) is 16.5 Å². The first-order chi connectivity index (χ1) is 11.7. The summed E-state index contributed by atoms with van der Waals surface area (Å²) in [5.74, 6) is 2.32. The van der Waals surface area contributed by atoms with Crippen molar-refractivity contribution in [1.29, 1.82) is 5.26 Å². The normalized spacial score (nSPS) is 10.5. The number of anilines is 1. The van der Waals surface area contributed by atoms with Crippen LogP contribution in [0.2, 0.25) is 0 Å². The van der Waals surface area contributed by atoms with Crippen molar-refractivity contribution in [2.45, 2.75) is 6.92 Å². The molecule has 0 bridgehead atoms. The van der Waals surface area contributed by atoms with Crippen LogP contribution in [0.3, 0.4) is 0 Å². The smallest absolute Gasteiger partial charge is 0.232 e. The fourth-order valence-corrected chi connectivity index (χ4v) is 2.13. The second kappa shape index (κ2) is 7.92. The van der Waals surface area contributed by atoms with Crippen LogP contribution >= 0.6 is 0 Å². The van der Waals surface area contributed by atoms with Crippen LogP contribution in [0.5, 0.6) is 17.2 Å². The molecule has 0 atom stereocenters. The molecule has 1 aromatic heterocycles. The molecule has 0 spiro atoms. The molecule has 0 fully saturated rings. The lowest BCUT2D eigenvalue weighted by atomic mass is 10.1. The van der Waals surface area contributed by atoms with Crippen LogP contribution in [0.25, 0.3) is 12.2 Å². The minimum absolute atomic E-state index is 0.224. The van der Waals surface area contributed by atoms with Gasteiger partial charge in [-0.1, -0.05) is 0 Å². The Balaban J connectivity index is 2.34. The molecular weight excluding hydrogens is 310 g/mol. The van der Waals surface area contributed by atoms with Crippen LogP contribution in [0.1, 0.15) is 24.1 Å². The molecule has 24 heavy (non-hydrogen) atoms. The second-order valence-electron chi connectivity index (χ2n) is 4.66. The van der Waals surface area contributed by atoms with E-state index in [1.54, 1.807) is 45.6 Å². The van der Waals surface area contributed by atoms with Crippen molar-refractivity contribution in [2.75, 3.05) is 33.2 Å². The maximum absolute atomic E-state index is 9.05. The van der Waals surface area contributed by atoms with E-state index in [4.69, 9.17) is 23.9 Å². The zero-order valence-electron chi connectivity index (χ0n) is 14.0. The van der Waals surface area contributed by atoms with Gasteiger partial charge in [-0.2, -0.15) is 10.2 Å². The van der Waals surface area contributed by atoms with Gasteiger partial charge in [-0.25, -0.2) is 0 Å². The Morgan fingerprint density at radius 3 is 2.33 bits per heavy atom. The zero-order chi connectivity index (χ0) is 17.5. The van der Waals surface area contributed by atoms with Gasteiger partial charge in [0.25, 0.3) is 0 Å². The summed E-state index contributed by atoms with van der Waals surface area (Å²) in [6.07, 6.45) is 3.45. The number of hydrogen-bond acceptors (Lipinski definition) is 7. The van der Waals surface area contributed by atoms with Gasteiger partial charge in [-0.3, -0.25) is 0 Å². The Labute approximate surface area is 140 Å². The quantitative estimate of drug-likeness (QED) is 0.834. The standard InChI is InChI=1S/C17H19N3O4/c1-5-19-17-12(10-18)20-15(24-17)7-6-11-8-13(21-2)16(23-4)14(9-11)22-3/h6-9,19H,5H2,1-4H3. The van der Waals surface area contributed by atoms with Gasteiger partial charge in [-0.05, 0) is 30.7 Å². The van der Waals surface area contributed by atoms with Crippen LogP contribution in [0.4, 0.5) is 5.88 Å². The Hall–Kier alpha value is -3.14. The van der Waals surface area contributed by atoms with Gasteiger partial charge in [0.1, 0.15) is 6.07 Å². The number of oxazole rings is 1. The lowest BCUT2D eigenvalue weighted by molar-refractivity contribution is 0.324. The van der Waals surface area contributed by atoms with Crippen LogP contribution in [-0.4, -0.2) is 32.9 Å². The molecule has 2 rings (SSSR count). The number of hydrogen-bond donors (Lipinski definition) is 1. The SMILES string of the molecule is CCNc1oc(C=Cc2cc(OC)c(OC)c(OC)c2)nc1C#N. The average molecular weight is 329 g/mol. The first-order valence-corrected chi connectivity index (χ1v) is 7.29. The lowest BCUT2D eigenvalue weighted by Gasteiger charge is -2.12. The molecule has 0 aliphatic rings. The molecule has 0 aliphatic heterocycles. The Kier molecular flexibility index (Phi) is 5.68. The van der Waals surface area contributed by atoms with Crippen molar-refractivity contribution in [2.24, 2.45) is 0 Å². The molecule has 126 valence electrons. The monoisotopic (exact) mass is 329 g/mol. The molecule has 0 saturated heterocycles. The third kappa shape index (κ3) is 3.60. The number of benzene rings is 1. The number of nitrogens with zero attached hydrogens (tertiary/aromatic N) is 2. The minimum Gasteiger partial charge on any atom is -0.493 e. The highest BCUT2D eigenvalue weighted by Gasteiger charge is 2.13. The predicted octanol–water partition coefficient (Wildman–Crippen LogP) is 3.17. The van der Waals surface area contributed by atoms with Crippen LogP contribution in [0, 0.1) is 11.3 Å². The molecule has 1 heterocycles. The third-order valence-electron chi connectivity index (χ3n) is 3.19. The Morgan fingerprint density at radius 2 is 1.83 bits per heavy atom. The van der Waals surface area contributed by atoms with Crippen molar-refractivity contribution in [3.63, 3.8) is 0 Å². The first kappa shape index (κ1) is 17.2. The molecule has 1 N–H and O–H groups in total. The van der Waals surface area contributed by atoms with E-state index in [9.17, 15) is 0 Å². The van der Waals surface area contributed by atoms with Crippen LogP contribution in [-0.2, 0) is 0 Å². The van der Waals surface area contributed by atoms with E-state index < -0.39 is 0 Å². The summed E-state index contributed by atoms with van der Waals surface area (Å²) in [5, 5.41) is 12.0. The molecule has 0 saturated carbocycles. The summed E-state index contributed by atoms with van der Waals surface area (Å²) < 4.78 is 21.4. The summed E-state index contributed by atoms with van der Waals surface area (Å²) >= 11 is 0. The Bertz CT molecular complexity index is 750. The van der Waals surface area contributed by atoms with Crippen LogP contribution < -0.4 is 19.5 Å². The largest absolute Gasteiger partial charge is 0.493 e. The molecule has 0 amide bonds. The van der Waals surface area contributed by atoms with Crippen molar-refractivity contribution < 1.29 is 18.6 Å². The van der Waals surface area contributed by atoms with Crippen molar-refractivity contribution in [3.05, 3.63) is 29.3 Å². The number of nitriles is 1. The summed E-state index contributed by atoms with van der Waals surface area (Å²) in [5.41, 5.74) is 1.03. The Morgan fingerprint density at radius 1 is 1.17 bits per heavy atom. The number of rotatable bonds is 7. The van der Waals surface area contributed by atoms with E-state index in [2.05, 4.69) is 10.3 Å². The first-order valence-electron chi connectivity index (χ1n) is 7.29. The van der Waals surface area contributed by atoms with Crippen molar-refractivity contribution in [3.8, 4) is 23.3 Å². The molecule has 7 heteroatoms.